The molecule has 0 radical (unpaired) electrons. The Balaban J connectivity index is 2.92. The summed E-state index contributed by atoms with van der Waals surface area (Å²) < 4.78 is 0.510. The number of aliphatic hydroxyl groups is 2. The summed E-state index contributed by atoms with van der Waals surface area (Å²) in [6, 6.07) is 3.18. The van der Waals surface area contributed by atoms with Crippen LogP contribution in [0.5, 0.6) is 0 Å². The van der Waals surface area contributed by atoms with Gasteiger partial charge in [0.15, 0.2) is 0 Å². The van der Waals surface area contributed by atoms with Crippen molar-refractivity contribution in [1.29, 1.82) is 0 Å². The molecule has 5 nitrogen and oxygen atoms in total. The van der Waals surface area contributed by atoms with E-state index < -0.39 is 12.1 Å². The highest BCUT2D eigenvalue weighted by atomic mass is 79.9. The Kier molecular flexibility index (Phi) is 4.92. The van der Waals surface area contributed by atoms with Crippen LogP contribution >= 0.6 is 15.9 Å². The number of nitrogens with one attached hydrogen (secondary N) is 1. The maximum atomic E-state index is 10.9. The molecule has 1 atom stereocenters. The molecular formula is C11H14BrNO4. The highest BCUT2D eigenvalue weighted by Gasteiger charge is 2.12. The molecule has 0 bridgehead atoms. The predicted molar refractivity (Wildman–Crippen MR) is 67.4 cm³/mol. The van der Waals surface area contributed by atoms with Crippen molar-refractivity contribution in [2.45, 2.75) is 13.0 Å². The van der Waals surface area contributed by atoms with Gasteiger partial charge in [-0.3, -0.25) is 0 Å². The van der Waals surface area contributed by atoms with E-state index in [9.17, 15) is 9.90 Å². The van der Waals surface area contributed by atoms with Crippen molar-refractivity contribution in [3.63, 3.8) is 0 Å². The third-order valence-corrected chi connectivity index (χ3v) is 2.94. The van der Waals surface area contributed by atoms with Crippen molar-refractivity contribution in [3.05, 3.63) is 27.7 Å². The van der Waals surface area contributed by atoms with Crippen molar-refractivity contribution < 1.29 is 20.1 Å². The van der Waals surface area contributed by atoms with Gasteiger partial charge in [-0.25, -0.2) is 4.79 Å². The number of aliphatic hydroxyl groups excluding tert-OH is 2. The number of hydrogen-bond acceptors (Lipinski definition) is 4. The summed E-state index contributed by atoms with van der Waals surface area (Å²) in [6.45, 7) is 1.65. The standard InChI is InChI=1S/C11H14BrNO4/c1-6-2-9(12)8(11(16)17)3-10(6)13-4-7(15)5-14/h2-3,7,13-15H,4-5H2,1H3,(H,16,17). The number of aryl methyl sites for hydroxylation is 1. The van der Waals surface area contributed by atoms with Gasteiger partial charge in [0.25, 0.3) is 0 Å². The second kappa shape index (κ2) is 6.00. The third-order valence-electron chi connectivity index (χ3n) is 2.28. The Labute approximate surface area is 107 Å². The molecule has 94 valence electrons. The molecule has 0 aliphatic heterocycles. The maximum absolute atomic E-state index is 10.9. The van der Waals surface area contributed by atoms with Crippen LogP contribution in [0.1, 0.15) is 15.9 Å². The van der Waals surface area contributed by atoms with Crippen LogP contribution in [0.3, 0.4) is 0 Å². The SMILES string of the molecule is Cc1cc(Br)c(C(=O)O)cc1NCC(O)CO. The molecule has 1 aromatic carbocycles. The number of aromatic carboxylic acids is 1. The fourth-order valence-electron chi connectivity index (χ4n) is 1.32. The molecule has 17 heavy (non-hydrogen) atoms. The zero-order valence-electron chi connectivity index (χ0n) is 9.27. The normalized spacial score (nSPS) is 12.2. The summed E-state index contributed by atoms with van der Waals surface area (Å²) in [7, 11) is 0. The van der Waals surface area contributed by atoms with Gasteiger partial charge in [0, 0.05) is 16.7 Å². The van der Waals surface area contributed by atoms with Crippen LogP contribution in [0.4, 0.5) is 5.69 Å². The van der Waals surface area contributed by atoms with Crippen molar-refractivity contribution in [3.8, 4) is 0 Å². The zero-order chi connectivity index (χ0) is 13.0. The summed E-state index contributed by atoms with van der Waals surface area (Å²) in [4.78, 5) is 10.9. The molecule has 0 aliphatic rings. The van der Waals surface area contributed by atoms with Gasteiger partial charge in [-0.15, -0.1) is 0 Å². The van der Waals surface area contributed by atoms with Crippen LogP contribution in [0.25, 0.3) is 0 Å². The lowest BCUT2D eigenvalue weighted by atomic mass is 10.1. The molecule has 1 unspecified atom stereocenters. The maximum Gasteiger partial charge on any atom is 0.336 e. The van der Waals surface area contributed by atoms with E-state index >= 15 is 0 Å². The fourth-order valence-corrected chi connectivity index (χ4v) is 1.95. The predicted octanol–water partition coefficient (Wildman–Crippen LogP) is 1.22. The Morgan fingerprint density at radius 1 is 1.53 bits per heavy atom. The smallest absolute Gasteiger partial charge is 0.336 e. The second-order valence-corrected chi connectivity index (χ2v) is 4.52. The number of halogens is 1. The highest BCUT2D eigenvalue weighted by molar-refractivity contribution is 9.10. The van der Waals surface area contributed by atoms with Crippen molar-refractivity contribution in [2.75, 3.05) is 18.5 Å². The van der Waals surface area contributed by atoms with Crippen LogP contribution in [0.15, 0.2) is 16.6 Å². The largest absolute Gasteiger partial charge is 0.478 e. The number of benzene rings is 1. The van der Waals surface area contributed by atoms with Crippen molar-refractivity contribution >= 4 is 27.6 Å². The number of rotatable bonds is 5. The molecule has 1 aromatic rings. The van der Waals surface area contributed by atoms with Gasteiger partial charge in [-0.1, -0.05) is 0 Å². The van der Waals surface area contributed by atoms with Crippen LogP contribution < -0.4 is 5.32 Å². The lowest BCUT2D eigenvalue weighted by molar-refractivity contribution is 0.0696. The van der Waals surface area contributed by atoms with Gasteiger partial charge < -0.3 is 20.6 Å². The quantitative estimate of drug-likeness (QED) is 0.657. The van der Waals surface area contributed by atoms with Crippen LogP contribution in [0, 0.1) is 6.92 Å². The van der Waals surface area contributed by atoms with Gasteiger partial charge in [0.2, 0.25) is 0 Å². The Morgan fingerprint density at radius 2 is 2.18 bits per heavy atom. The van der Waals surface area contributed by atoms with Gasteiger partial charge in [-0.05, 0) is 40.5 Å². The highest BCUT2D eigenvalue weighted by Crippen LogP contribution is 2.25. The number of carbonyl (C=O) groups is 1. The van der Waals surface area contributed by atoms with Crippen LogP contribution in [-0.4, -0.2) is 40.5 Å². The molecule has 1 rings (SSSR count). The molecule has 0 spiro atoms. The number of carboxylic acid groups (broad SMARTS) is 1. The van der Waals surface area contributed by atoms with Gasteiger partial charge in [0.05, 0.1) is 18.3 Å². The molecule has 6 heteroatoms. The van der Waals surface area contributed by atoms with Crippen molar-refractivity contribution in [2.24, 2.45) is 0 Å². The Morgan fingerprint density at radius 3 is 2.71 bits per heavy atom. The second-order valence-electron chi connectivity index (χ2n) is 3.67. The topological polar surface area (TPSA) is 89.8 Å². The zero-order valence-corrected chi connectivity index (χ0v) is 10.9. The van der Waals surface area contributed by atoms with E-state index in [1.165, 1.54) is 6.07 Å². The summed E-state index contributed by atoms with van der Waals surface area (Å²) in [5.41, 5.74) is 1.63. The minimum atomic E-state index is -1.03. The molecule has 0 saturated carbocycles. The van der Waals surface area contributed by atoms with E-state index in [0.29, 0.717) is 10.2 Å². The first-order chi connectivity index (χ1) is 7.95. The summed E-state index contributed by atoms with van der Waals surface area (Å²) in [5, 5.41) is 29.7. The van der Waals surface area contributed by atoms with E-state index in [1.807, 2.05) is 6.92 Å². The molecule has 0 amide bonds. The Hall–Kier alpha value is -1.11. The number of hydrogen-bond donors (Lipinski definition) is 4. The van der Waals surface area contributed by atoms with Crippen molar-refractivity contribution in [1.82, 2.24) is 0 Å². The molecule has 4 N–H and O–H groups in total. The average Bonchev–Trinajstić information content (AvgIpc) is 2.26. The number of carboxylic acids is 1. The van der Waals surface area contributed by atoms with Gasteiger partial charge >= 0.3 is 5.97 Å². The summed E-state index contributed by atoms with van der Waals surface area (Å²) in [6.07, 6.45) is -0.869. The summed E-state index contributed by atoms with van der Waals surface area (Å²) in [5.74, 6) is -1.03. The molecular weight excluding hydrogens is 290 g/mol. The Bertz CT molecular complexity index is 422. The van der Waals surface area contributed by atoms with E-state index in [0.717, 1.165) is 5.56 Å². The van der Waals surface area contributed by atoms with E-state index in [-0.39, 0.29) is 18.7 Å². The first-order valence-corrected chi connectivity index (χ1v) is 5.81. The van der Waals surface area contributed by atoms with E-state index in [2.05, 4.69) is 21.2 Å². The third kappa shape index (κ3) is 3.69. The average molecular weight is 304 g/mol. The molecule has 0 aliphatic carbocycles. The molecule has 0 aromatic heterocycles. The fraction of sp³-hybridized carbons (Fsp3) is 0.364. The van der Waals surface area contributed by atoms with Gasteiger partial charge in [-0.2, -0.15) is 0 Å². The monoisotopic (exact) mass is 303 g/mol. The lowest BCUT2D eigenvalue weighted by Gasteiger charge is -2.14. The minimum Gasteiger partial charge on any atom is -0.478 e. The minimum absolute atomic E-state index is 0.150. The summed E-state index contributed by atoms with van der Waals surface area (Å²) >= 11 is 3.18. The van der Waals surface area contributed by atoms with Crippen LogP contribution in [0.2, 0.25) is 0 Å². The van der Waals surface area contributed by atoms with E-state index in [4.69, 9.17) is 10.2 Å². The number of anilines is 1. The van der Waals surface area contributed by atoms with E-state index in [1.54, 1.807) is 6.07 Å². The molecule has 0 saturated heterocycles. The van der Waals surface area contributed by atoms with Gasteiger partial charge in [0.1, 0.15) is 0 Å². The lowest BCUT2D eigenvalue weighted by Crippen LogP contribution is -2.23. The first-order valence-electron chi connectivity index (χ1n) is 5.02. The molecule has 0 heterocycles. The van der Waals surface area contributed by atoms with Crippen LogP contribution in [-0.2, 0) is 0 Å². The first kappa shape index (κ1) is 14.0. The molecule has 0 fully saturated rings.